The number of anilines is 1. The molecule has 1 amide bonds. The highest BCUT2D eigenvalue weighted by molar-refractivity contribution is 6.52. The number of hydrogen-bond donors (Lipinski definition) is 1. The maximum Gasteiger partial charge on any atom is 0.300 e. The van der Waals surface area contributed by atoms with Crippen LogP contribution in [0.5, 0.6) is 0 Å². The zero-order chi connectivity index (χ0) is 23.1. The third kappa shape index (κ3) is 3.55. The largest absolute Gasteiger partial charge is 0.507 e. The van der Waals surface area contributed by atoms with Gasteiger partial charge in [0.2, 0.25) is 0 Å². The second kappa shape index (κ2) is 8.35. The number of carbonyl (C=O) groups excluding carboxylic acids is 2. The van der Waals surface area contributed by atoms with Crippen molar-refractivity contribution in [3.05, 3.63) is 112 Å². The van der Waals surface area contributed by atoms with Crippen LogP contribution in [0, 0.1) is 0 Å². The molecule has 1 saturated heterocycles. The number of carbonyl (C=O) groups is 2. The van der Waals surface area contributed by atoms with Crippen molar-refractivity contribution < 1.29 is 14.7 Å². The first-order valence-corrected chi connectivity index (χ1v) is 10.9. The van der Waals surface area contributed by atoms with Crippen molar-refractivity contribution in [2.24, 2.45) is 0 Å². The highest BCUT2D eigenvalue weighted by Crippen LogP contribution is 2.44. The fourth-order valence-corrected chi connectivity index (χ4v) is 4.45. The summed E-state index contributed by atoms with van der Waals surface area (Å²) in [4.78, 5) is 32.2. The highest BCUT2D eigenvalue weighted by atomic mass is 35.5. The molecular formula is C26H16Cl2N2O3. The predicted octanol–water partition coefficient (Wildman–Crippen LogP) is 6.17. The molecule has 0 saturated carbocycles. The van der Waals surface area contributed by atoms with Crippen molar-refractivity contribution in [2.45, 2.75) is 6.04 Å². The molecular weight excluding hydrogens is 459 g/mol. The first kappa shape index (κ1) is 21.2. The van der Waals surface area contributed by atoms with Crippen LogP contribution in [0.4, 0.5) is 5.69 Å². The standard InChI is InChI=1S/C26H16Cl2N2O3/c27-19-11-10-16(13-20(19)28)24(31)22-23(17-7-4-12-29-14-17)30(26(33)25(22)32)21-9-3-6-15-5-1-2-8-18(15)21/h1-14,23,31H/b24-22+. The molecule has 162 valence electrons. The summed E-state index contributed by atoms with van der Waals surface area (Å²) in [7, 11) is 0. The van der Waals surface area contributed by atoms with Crippen LogP contribution in [-0.2, 0) is 9.59 Å². The van der Waals surface area contributed by atoms with E-state index in [0.29, 0.717) is 16.3 Å². The van der Waals surface area contributed by atoms with Gasteiger partial charge < -0.3 is 5.11 Å². The lowest BCUT2D eigenvalue weighted by Crippen LogP contribution is -2.29. The van der Waals surface area contributed by atoms with Crippen molar-refractivity contribution >= 4 is 57.1 Å². The van der Waals surface area contributed by atoms with Crippen molar-refractivity contribution in [1.82, 2.24) is 4.98 Å². The molecule has 0 bridgehead atoms. The Morgan fingerprint density at radius 1 is 0.909 bits per heavy atom. The number of halogens is 2. The molecule has 5 rings (SSSR count). The molecule has 1 unspecified atom stereocenters. The Kier molecular flexibility index (Phi) is 5.36. The quantitative estimate of drug-likeness (QED) is 0.219. The van der Waals surface area contributed by atoms with Gasteiger partial charge in [-0.1, -0.05) is 65.7 Å². The van der Waals surface area contributed by atoms with Gasteiger partial charge in [0.1, 0.15) is 5.76 Å². The van der Waals surface area contributed by atoms with E-state index in [4.69, 9.17) is 23.2 Å². The van der Waals surface area contributed by atoms with Crippen LogP contribution in [-0.4, -0.2) is 21.8 Å². The van der Waals surface area contributed by atoms with E-state index in [-0.39, 0.29) is 21.9 Å². The molecule has 0 spiro atoms. The SMILES string of the molecule is O=C1C(=O)N(c2cccc3ccccc23)C(c2cccnc2)/C1=C(\O)c1ccc(Cl)c(Cl)c1. The van der Waals surface area contributed by atoms with Gasteiger partial charge in [-0.05, 0) is 41.3 Å². The number of pyridine rings is 1. The van der Waals surface area contributed by atoms with Gasteiger partial charge >= 0.3 is 0 Å². The van der Waals surface area contributed by atoms with E-state index >= 15 is 0 Å². The number of aliphatic hydroxyl groups is 1. The number of nitrogens with zero attached hydrogens (tertiary/aromatic N) is 2. The number of hydrogen-bond acceptors (Lipinski definition) is 4. The number of aromatic nitrogens is 1. The smallest absolute Gasteiger partial charge is 0.300 e. The summed E-state index contributed by atoms with van der Waals surface area (Å²) in [6.07, 6.45) is 3.18. The van der Waals surface area contributed by atoms with Gasteiger partial charge in [-0.15, -0.1) is 0 Å². The maximum absolute atomic E-state index is 13.4. The summed E-state index contributed by atoms with van der Waals surface area (Å²) >= 11 is 12.1. The van der Waals surface area contributed by atoms with Gasteiger partial charge in [0.25, 0.3) is 11.7 Å². The molecule has 5 nitrogen and oxygen atoms in total. The Balaban J connectivity index is 1.78. The topological polar surface area (TPSA) is 70.5 Å². The first-order valence-electron chi connectivity index (χ1n) is 10.1. The van der Waals surface area contributed by atoms with E-state index < -0.39 is 17.7 Å². The Morgan fingerprint density at radius 2 is 1.70 bits per heavy atom. The minimum absolute atomic E-state index is 0.0423. The molecule has 0 aliphatic carbocycles. The lowest BCUT2D eigenvalue weighted by Gasteiger charge is -2.26. The van der Waals surface area contributed by atoms with Crippen LogP contribution in [0.1, 0.15) is 17.2 Å². The third-order valence-corrected chi connectivity index (χ3v) is 6.40. The summed E-state index contributed by atoms with van der Waals surface area (Å²) < 4.78 is 0. The third-order valence-electron chi connectivity index (χ3n) is 5.66. The first-order chi connectivity index (χ1) is 16.0. The Bertz CT molecular complexity index is 1450. The summed E-state index contributed by atoms with van der Waals surface area (Å²) in [6.45, 7) is 0. The Hall–Kier alpha value is -3.67. The Morgan fingerprint density at radius 3 is 2.45 bits per heavy atom. The molecule has 3 aromatic carbocycles. The lowest BCUT2D eigenvalue weighted by molar-refractivity contribution is -0.132. The van der Waals surface area contributed by atoms with Crippen LogP contribution in [0.2, 0.25) is 10.0 Å². The number of benzene rings is 3. The van der Waals surface area contributed by atoms with Gasteiger partial charge in [-0.3, -0.25) is 19.5 Å². The van der Waals surface area contributed by atoms with E-state index in [9.17, 15) is 14.7 Å². The van der Waals surface area contributed by atoms with E-state index in [1.807, 2.05) is 36.4 Å². The van der Waals surface area contributed by atoms with Crippen LogP contribution < -0.4 is 4.90 Å². The molecule has 1 N–H and O–H groups in total. The van der Waals surface area contributed by atoms with Crippen LogP contribution in [0.3, 0.4) is 0 Å². The van der Waals surface area contributed by atoms with Crippen LogP contribution in [0.15, 0.2) is 90.8 Å². The maximum atomic E-state index is 13.4. The molecule has 33 heavy (non-hydrogen) atoms. The van der Waals surface area contributed by atoms with Gasteiger partial charge in [0.15, 0.2) is 0 Å². The van der Waals surface area contributed by atoms with Crippen molar-refractivity contribution in [2.75, 3.05) is 4.90 Å². The second-order valence-corrected chi connectivity index (χ2v) is 8.40. The molecule has 7 heteroatoms. The Labute approximate surface area is 199 Å². The summed E-state index contributed by atoms with van der Waals surface area (Å²) in [5.41, 5.74) is 1.40. The zero-order valence-corrected chi connectivity index (χ0v) is 18.6. The highest BCUT2D eigenvalue weighted by Gasteiger charge is 2.47. The molecule has 1 aliphatic rings. The van der Waals surface area contributed by atoms with E-state index in [2.05, 4.69) is 4.98 Å². The number of fused-ring (bicyclic) bond motifs is 1. The normalized spacial score (nSPS) is 17.6. The summed E-state index contributed by atoms with van der Waals surface area (Å²) in [5, 5.41) is 13.5. The number of Topliss-reactive ketones (excluding diaryl/α,β-unsaturated/α-hetero) is 1. The summed E-state index contributed by atoms with van der Waals surface area (Å²) in [6, 6.07) is 20.3. The molecule has 1 atom stereocenters. The molecule has 1 aliphatic heterocycles. The van der Waals surface area contributed by atoms with Crippen molar-refractivity contribution in [3.8, 4) is 0 Å². The minimum atomic E-state index is -0.876. The van der Waals surface area contributed by atoms with Gasteiger partial charge in [0, 0.05) is 23.3 Å². The number of amides is 1. The van der Waals surface area contributed by atoms with Gasteiger partial charge in [-0.2, -0.15) is 0 Å². The molecule has 4 aromatic rings. The monoisotopic (exact) mass is 474 g/mol. The van der Waals surface area contributed by atoms with Crippen LogP contribution >= 0.6 is 23.2 Å². The van der Waals surface area contributed by atoms with E-state index in [0.717, 1.165) is 10.8 Å². The van der Waals surface area contributed by atoms with Crippen molar-refractivity contribution in [3.63, 3.8) is 0 Å². The molecule has 1 aromatic heterocycles. The minimum Gasteiger partial charge on any atom is -0.507 e. The van der Waals surface area contributed by atoms with Gasteiger partial charge in [0.05, 0.1) is 27.3 Å². The molecule has 1 fully saturated rings. The van der Waals surface area contributed by atoms with Crippen LogP contribution in [0.25, 0.3) is 16.5 Å². The van der Waals surface area contributed by atoms with Gasteiger partial charge in [-0.25, -0.2) is 0 Å². The zero-order valence-electron chi connectivity index (χ0n) is 17.1. The fraction of sp³-hybridized carbons (Fsp3) is 0.0385. The predicted molar refractivity (Wildman–Crippen MR) is 129 cm³/mol. The van der Waals surface area contributed by atoms with E-state index in [1.165, 1.54) is 17.0 Å². The number of aliphatic hydroxyl groups excluding tert-OH is 1. The molecule has 2 heterocycles. The summed E-state index contributed by atoms with van der Waals surface area (Å²) in [5.74, 6) is -1.86. The average Bonchev–Trinajstić information content (AvgIpc) is 3.11. The number of rotatable bonds is 3. The number of ketones is 1. The average molecular weight is 475 g/mol. The van der Waals surface area contributed by atoms with Crippen molar-refractivity contribution in [1.29, 1.82) is 0 Å². The molecule has 0 radical (unpaired) electrons. The second-order valence-electron chi connectivity index (χ2n) is 7.58. The fourth-order valence-electron chi connectivity index (χ4n) is 4.15. The van der Waals surface area contributed by atoms with E-state index in [1.54, 1.807) is 36.7 Å². The lowest BCUT2D eigenvalue weighted by atomic mass is 9.96.